The molecule has 2 heterocycles. The molecule has 3 aromatic carbocycles. The maximum atomic E-state index is 13.6. The van der Waals surface area contributed by atoms with E-state index in [-0.39, 0.29) is 34.1 Å². The predicted octanol–water partition coefficient (Wildman–Crippen LogP) is 4.46. The van der Waals surface area contributed by atoms with Crippen LogP contribution in [0.25, 0.3) is 0 Å². The summed E-state index contributed by atoms with van der Waals surface area (Å²) in [6, 6.07) is 7.66. The molecule has 0 saturated carbocycles. The van der Waals surface area contributed by atoms with Crippen molar-refractivity contribution in [1.82, 2.24) is 0 Å². The molecule has 0 spiro atoms. The summed E-state index contributed by atoms with van der Waals surface area (Å²) < 4.78 is 12.5. The van der Waals surface area contributed by atoms with Gasteiger partial charge in [0.25, 0.3) is 0 Å². The maximum Gasteiger partial charge on any atom is 0.212 e. The largest absolute Gasteiger partial charge is 0.508 e. The number of phenolic OH excluding ortho intramolecular Hbond substituents is 4. The highest BCUT2D eigenvalue weighted by atomic mass is 16.7. The Kier molecular flexibility index (Phi) is 3.83. The summed E-state index contributed by atoms with van der Waals surface area (Å²) in [5.41, 5.74) is 3.21. The number of phenols is 4. The van der Waals surface area contributed by atoms with E-state index < -0.39 is 23.1 Å². The Labute approximate surface area is 195 Å². The van der Waals surface area contributed by atoms with Gasteiger partial charge in [0, 0.05) is 42.0 Å². The molecule has 7 heteroatoms. The SMILES string of the molecule is Cc1cc(O)cc2c1[C@H]1O[C@](C)(Cc3cc4c(c(O)c31)C(=O)c1c(O)cc(O)cc1C4(C)C)O2. The maximum absolute atomic E-state index is 13.6. The normalized spacial score (nSPS) is 23.3. The van der Waals surface area contributed by atoms with Crippen molar-refractivity contribution in [3.63, 3.8) is 0 Å². The van der Waals surface area contributed by atoms with Gasteiger partial charge in [-0.2, -0.15) is 0 Å². The molecule has 0 saturated heterocycles. The Morgan fingerprint density at radius 1 is 0.882 bits per heavy atom. The number of aryl methyl sites for hydroxylation is 1. The highest BCUT2D eigenvalue weighted by molar-refractivity contribution is 6.16. The van der Waals surface area contributed by atoms with Gasteiger partial charge >= 0.3 is 0 Å². The van der Waals surface area contributed by atoms with Crippen LogP contribution in [0.2, 0.25) is 0 Å². The van der Waals surface area contributed by atoms with Crippen LogP contribution in [0.4, 0.5) is 0 Å². The lowest BCUT2D eigenvalue weighted by atomic mass is 9.66. The zero-order valence-corrected chi connectivity index (χ0v) is 19.2. The van der Waals surface area contributed by atoms with Gasteiger partial charge in [-0.25, -0.2) is 0 Å². The molecule has 2 aliphatic heterocycles. The van der Waals surface area contributed by atoms with E-state index in [1.165, 1.54) is 12.1 Å². The molecule has 2 bridgehead atoms. The van der Waals surface area contributed by atoms with Crippen molar-refractivity contribution < 1.29 is 34.7 Å². The fourth-order valence-electron chi connectivity index (χ4n) is 5.87. The summed E-state index contributed by atoms with van der Waals surface area (Å²) in [5, 5.41) is 42.3. The Morgan fingerprint density at radius 3 is 2.29 bits per heavy atom. The molecular formula is C27H24O7. The van der Waals surface area contributed by atoms with Crippen LogP contribution in [0.5, 0.6) is 28.7 Å². The first kappa shape index (κ1) is 20.9. The van der Waals surface area contributed by atoms with Crippen molar-refractivity contribution in [1.29, 1.82) is 0 Å². The van der Waals surface area contributed by atoms with Crippen LogP contribution in [-0.4, -0.2) is 32.0 Å². The van der Waals surface area contributed by atoms with E-state index in [0.717, 1.165) is 17.2 Å². The molecule has 7 nitrogen and oxygen atoms in total. The number of rotatable bonds is 0. The molecule has 3 aromatic rings. The van der Waals surface area contributed by atoms with E-state index in [1.807, 2.05) is 33.8 Å². The Hall–Kier alpha value is -3.71. The number of carbonyl (C=O) groups excluding carboxylic acids is 1. The average molecular weight is 460 g/mol. The summed E-state index contributed by atoms with van der Waals surface area (Å²) in [6.07, 6.45) is -0.384. The Bertz CT molecular complexity index is 1450. The number of carbonyl (C=O) groups is 1. The third kappa shape index (κ3) is 2.53. The standard InChI is InChI=1S/C27H24O7/c1-11-5-13(28)9-18-19(11)25-20-12(10-27(4,33-18)34-25)6-15-22(23(20)31)24(32)21-16(26(15,2)3)7-14(29)8-17(21)30/h5-9,25,28-31H,10H2,1-4H3/t25-,27-/m1/s1. The van der Waals surface area contributed by atoms with Gasteiger partial charge in [0.1, 0.15) is 34.9 Å². The second-order valence-corrected chi connectivity index (χ2v) is 10.1. The number of benzene rings is 3. The lowest BCUT2D eigenvalue weighted by Gasteiger charge is -2.46. The van der Waals surface area contributed by atoms with Crippen molar-refractivity contribution in [2.75, 3.05) is 0 Å². The molecule has 3 aliphatic rings. The lowest BCUT2D eigenvalue weighted by Crippen LogP contribution is -2.47. The van der Waals surface area contributed by atoms with Crippen LogP contribution < -0.4 is 4.74 Å². The van der Waals surface area contributed by atoms with Gasteiger partial charge in [0.2, 0.25) is 11.6 Å². The fourth-order valence-corrected chi connectivity index (χ4v) is 5.87. The zero-order chi connectivity index (χ0) is 24.3. The van der Waals surface area contributed by atoms with E-state index in [1.54, 1.807) is 6.07 Å². The quantitative estimate of drug-likeness (QED) is 0.391. The highest BCUT2D eigenvalue weighted by Crippen LogP contribution is 2.56. The van der Waals surface area contributed by atoms with Crippen molar-refractivity contribution in [2.24, 2.45) is 0 Å². The van der Waals surface area contributed by atoms with E-state index >= 15 is 0 Å². The summed E-state index contributed by atoms with van der Waals surface area (Å²) in [7, 11) is 0. The second kappa shape index (κ2) is 6.24. The van der Waals surface area contributed by atoms with Gasteiger partial charge in [0.05, 0.1) is 11.1 Å². The lowest BCUT2D eigenvalue weighted by molar-refractivity contribution is -0.216. The Morgan fingerprint density at radius 2 is 1.56 bits per heavy atom. The predicted molar refractivity (Wildman–Crippen MR) is 122 cm³/mol. The minimum absolute atomic E-state index is 0.0700. The molecule has 1 aliphatic carbocycles. The fraction of sp³-hybridized carbons (Fsp3) is 0.296. The zero-order valence-electron chi connectivity index (χ0n) is 19.2. The van der Waals surface area contributed by atoms with Crippen molar-refractivity contribution in [3.05, 3.63) is 74.8 Å². The number of hydrogen-bond acceptors (Lipinski definition) is 7. The van der Waals surface area contributed by atoms with E-state index in [9.17, 15) is 25.2 Å². The number of ether oxygens (including phenoxy) is 2. The van der Waals surface area contributed by atoms with Gasteiger partial charge in [-0.1, -0.05) is 19.9 Å². The van der Waals surface area contributed by atoms with Crippen LogP contribution in [0, 0.1) is 6.92 Å². The van der Waals surface area contributed by atoms with E-state index in [4.69, 9.17) is 9.47 Å². The summed E-state index contributed by atoms with van der Waals surface area (Å²) in [4.78, 5) is 13.6. The van der Waals surface area contributed by atoms with Crippen molar-refractivity contribution >= 4 is 5.78 Å². The third-order valence-corrected chi connectivity index (χ3v) is 7.39. The smallest absolute Gasteiger partial charge is 0.212 e. The Balaban J connectivity index is 1.66. The van der Waals surface area contributed by atoms with Gasteiger partial charge in [-0.3, -0.25) is 4.79 Å². The van der Waals surface area contributed by atoms with Crippen LogP contribution in [0.1, 0.15) is 76.2 Å². The highest BCUT2D eigenvalue weighted by Gasteiger charge is 2.49. The number of hydrogen-bond donors (Lipinski definition) is 4. The molecule has 0 radical (unpaired) electrons. The summed E-state index contributed by atoms with van der Waals surface area (Å²) >= 11 is 0. The molecular weight excluding hydrogens is 436 g/mol. The van der Waals surface area contributed by atoms with Crippen LogP contribution >= 0.6 is 0 Å². The molecule has 0 unspecified atom stereocenters. The van der Waals surface area contributed by atoms with E-state index in [0.29, 0.717) is 34.4 Å². The molecule has 6 rings (SSSR count). The molecule has 2 atom stereocenters. The molecule has 0 fully saturated rings. The minimum atomic E-state index is -1.02. The number of aromatic hydroxyl groups is 4. The van der Waals surface area contributed by atoms with Crippen LogP contribution in [0.3, 0.4) is 0 Å². The summed E-state index contributed by atoms with van der Waals surface area (Å²) in [6.45, 7) is 7.42. The minimum Gasteiger partial charge on any atom is -0.508 e. The number of ketones is 1. The second-order valence-electron chi connectivity index (χ2n) is 10.1. The molecule has 34 heavy (non-hydrogen) atoms. The third-order valence-electron chi connectivity index (χ3n) is 7.39. The molecule has 0 amide bonds. The molecule has 174 valence electrons. The average Bonchev–Trinajstić information content (AvgIpc) is 2.70. The van der Waals surface area contributed by atoms with E-state index in [2.05, 4.69) is 0 Å². The molecule has 0 aromatic heterocycles. The van der Waals surface area contributed by atoms with Crippen LogP contribution in [-0.2, 0) is 16.6 Å². The van der Waals surface area contributed by atoms with Gasteiger partial charge in [-0.05, 0) is 41.3 Å². The topological polar surface area (TPSA) is 116 Å². The number of fused-ring (bicyclic) bond motifs is 8. The molecule has 4 N–H and O–H groups in total. The first-order chi connectivity index (χ1) is 15.9. The van der Waals surface area contributed by atoms with Gasteiger partial charge < -0.3 is 29.9 Å². The van der Waals surface area contributed by atoms with Crippen LogP contribution in [0.15, 0.2) is 30.3 Å². The summed E-state index contributed by atoms with van der Waals surface area (Å²) in [5.74, 6) is -1.64. The van der Waals surface area contributed by atoms with Gasteiger partial charge in [-0.15, -0.1) is 0 Å². The first-order valence-electron chi connectivity index (χ1n) is 11.1. The monoisotopic (exact) mass is 460 g/mol. The first-order valence-corrected chi connectivity index (χ1v) is 11.1. The van der Waals surface area contributed by atoms with Crippen molar-refractivity contribution in [2.45, 2.75) is 51.4 Å². The van der Waals surface area contributed by atoms with Crippen molar-refractivity contribution in [3.8, 4) is 28.7 Å². The van der Waals surface area contributed by atoms with Gasteiger partial charge in [0.15, 0.2) is 0 Å².